The summed E-state index contributed by atoms with van der Waals surface area (Å²) in [5.74, 6) is 1.02. The van der Waals surface area contributed by atoms with E-state index in [1.165, 1.54) is 11.1 Å². The Morgan fingerprint density at radius 2 is 2.00 bits per heavy atom. The lowest BCUT2D eigenvalue weighted by Gasteiger charge is -2.41. The average molecular weight is 305 g/mol. The second kappa shape index (κ2) is 6.15. The molecule has 0 aromatic carbocycles. The fraction of sp³-hybridized carbons (Fsp3) is 0.647. The molecule has 1 aromatic heterocycles. The summed E-state index contributed by atoms with van der Waals surface area (Å²) in [4.78, 5) is 20.9. The summed E-state index contributed by atoms with van der Waals surface area (Å²) < 4.78 is 5.48. The van der Waals surface area contributed by atoms with Crippen molar-refractivity contribution in [2.45, 2.75) is 53.2 Å². The van der Waals surface area contributed by atoms with Crippen LogP contribution in [0.4, 0.5) is 10.6 Å². The summed E-state index contributed by atoms with van der Waals surface area (Å²) in [6, 6.07) is 2.25. The van der Waals surface area contributed by atoms with Gasteiger partial charge in [-0.2, -0.15) is 0 Å². The van der Waals surface area contributed by atoms with Crippen molar-refractivity contribution in [3.05, 3.63) is 23.4 Å². The smallest absolute Gasteiger partial charge is 0.410 e. The van der Waals surface area contributed by atoms with E-state index in [0.29, 0.717) is 6.54 Å². The Morgan fingerprint density at radius 1 is 1.32 bits per heavy atom. The molecule has 1 aromatic rings. The molecule has 0 saturated carbocycles. The minimum atomic E-state index is -0.455. The van der Waals surface area contributed by atoms with E-state index in [2.05, 4.69) is 29.8 Å². The Morgan fingerprint density at radius 3 is 2.55 bits per heavy atom. The zero-order valence-electron chi connectivity index (χ0n) is 14.5. The van der Waals surface area contributed by atoms with Crippen LogP contribution >= 0.6 is 0 Å². The first-order chi connectivity index (χ1) is 10.2. The minimum absolute atomic E-state index is 0.103. The number of amides is 1. The summed E-state index contributed by atoms with van der Waals surface area (Å²) in [6.45, 7) is 14.1. The lowest BCUT2D eigenvalue weighted by atomic mass is 10.1. The van der Waals surface area contributed by atoms with Gasteiger partial charge in [-0.3, -0.25) is 0 Å². The Kier molecular flexibility index (Phi) is 4.63. The fourth-order valence-electron chi connectivity index (χ4n) is 2.78. The molecule has 0 spiro atoms. The monoisotopic (exact) mass is 305 g/mol. The van der Waals surface area contributed by atoms with Crippen LogP contribution in [0.5, 0.6) is 0 Å². The third kappa shape index (κ3) is 3.90. The van der Waals surface area contributed by atoms with Gasteiger partial charge in [0.2, 0.25) is 0 Å². The molecular weight excluding hydrogens is 278 g/mol. The number of pyridine rings is 1. The molecule has 0 bridgehead atoms. The number of anilines is 1. The van der Waals surface area contributed by atoms with Crippen molar-refractivity contribution in [1.82, 2.24) is 9.88 Å². The molecule has 1 saturated heterocycles. The largest absolute Gasteiger partial charge is 0.444 e. The van der Waals surface area contributed by atoms with E-state index in [1.807, 2.05) is 38.8 Å². The molecule has 0 unspecified atom stereocenters. The Bertz CT molecular complexity index is 551. The van der Waals surface area contributed by atoms with E-state index in [4.69, 9.17) is 4.74 Å². The predicted molar refractivity (Wildman–Crippen MR) is 88.3 cm³/mol. The summed E-state index contributed by atoms with van der Waals surface area (Å²) in [5, 5.41) is 0. The normalized spacial score (nSPS) is 19.3. The highest BCUT2D eigenvalue weighted by molar-refractivity contribution is 5.69. The summed E-state index contributed by atoms with van der Waals surface area (Å²) in [6.07, 6.45) is 1.67. The first kappa shape index (κ1) is 16.6. The van der Waals surface area contributed by atoms with E-state index in [1.54, 1.807) is 0 Å². The van der Waals surface area contributed by atoms with Crippen LogP contribution in [0, 0.1) is 13.8 Å². The van der Waals surface area contributed by atoms with Crippen LogP contribution < -0.4 is 4.90 Å². The van der Waals surface area contributed by atoms with Gasteiger partial charge in [-0.05, 0) is 52.7 Å². The quantitative estimate of drug-likeness (QED) is 0.799. The highest BCUT2D eigenvalue weighted by Gasteiger charge is 2.31. The molecule has 122 valence electrons. The van der Waals surface area contributed by atoms with E-state index >= 15 is 0 Å². The zero-order chi connectivity index (χ0) is 16.5. The number of nitrogens with zero attached hydrogens (tertiary/aromatic N) is 3. The topological polar surface area (TPSA) is 45.7 Å². The Balaban J connectivity index is 2.05. The van der Waals surface area contributed by atoms with Crippen LogP contribution in [-0.4, -0.2) is 47.3 Å². The van der Waals surface area contributed by atoms with Crippen LogP contribution in [0.2, 0.25) is 0 Å². The van der Waals surface area contributed by atoms with Crippen LogP contribution in [0.15, 0.2) is 12.3 Å². The van der Waals surface area contributed by atoms with Gasteiger partial charge in [0.1, 0.15) is 11.4 Å². The molecule has 0 radical (unpaired) electrons. The zero-order valence-corrected chi connectivity index (χ0v) is 14.5. The lowest BCUT2D eigenvalue weighted by Crippen LogP contribution is -2.55. The first-order valence-electron chi connectivity index (χ1n) is 7.85. The molecule has 1 fully saturated rings. The molecule has 1 aliphatic rings. The van der Waals surface area contributed by atoms with Crippen molar-refractivity contribution < 1.29 is 9.53 Å². The van der Waals surface area contributed by atoms with Crippen LogP contribution in [0.25, 0.3) is 0 Å². The third-order valence-electron chi connectivity index (χ3n) is 3.74. The number of aryl methyl sites for hydroxylation is 2. The van der Waals surface area contributed by atoms with Crippen LogP contribution in [0.1, 0.15) is 38.8 Å². The number of carbonyl (C=O) groups is 1. The molecule has 0 N–H and O–H groups in total. The maximum Gasteiger partial charge on any atom is 0.410 e. The van der Waals surface area contributed by atoms with Gasteiger partial charge in [0, 0.05) is 31.9 Å². The molecule has 1 atom stereocenters. The maximum atomic E-state index is 12.2. The van der Waals surface area contributed by atoms with E-state index in [0.717, 1.165) is 18.9 Å². The SMILES string of the molecule is Cc1cnc(N2CCN(C(=O)OC(C)(C)C)[C@@H](C)C2)c(C)c1. The van der Waals surface area contributed by atoms with Crippen molar-refractivity contribution >= 4 is 11.9 Å². The van der Waals surface area contributed by atoms with Gasteiger partial charge in [-0.1, -0.05) is 6.07 Å². The molecular formula is C17H27N3O2. The fourth-order valence-corrected chi connectivity index (χ4v) is 2.78. The first-order valence-corrected chi connectivity index (χ1v) is 7.85. The number of aromatic nitrogens is 1. The summed E-state index contributed by atoms with van der Waals surface area (Å²) >= 11 is 0. The van der Waals surface area contributed by atoms with Crippen molar-refractivity contribution in [2.24, 2.45) is 0 Å². The second-order valence-electron chi connectivity index (χ2n) is 7.12. The van der Waals surface area contributed by atoms with Gasteiger partial charge in [0.25, 0.3) is 0 Å². The van der Waals surface area contributed by atoms with Crippen molar-refractivity contribution in [2.75, 3.05) is 24.5 Å². The Labute approximate surface area is 133 Å². The van der Waals surface area contributed by atoms with E-state index in [9.17, 15) is 4.79 Å². The third-order valence-corrected chi connectivity index (χ3v) is 3.74. The second-order valence-corrected chi connectivity index (χ2v) is 7.12. The summed E-state index contributed by atoms with van der Waals surface area (Å²) in [5.41, 5.74) is 1.89. The number of piperazine rings is 1. The number of carbonyl (C=O) groups excluding carboxylic acids is 1. The lowest BCUT2D eigenvalue weighted by molar-refractivity contribution is 0.0158. The molecule has 2 rings (SSSR count). The Hall–Kier alpha value is -1.78. The van der Waals surface area contributed by atoms with Gasteiger partial charge in [0.05, 0.1) is 0 Å². The molecule has 22 heavy (non-hydrogen) atoms. The van der Waals surface area contributed by atoms with Gasteiger partial charge < -0.3 is 14.5 Å². The minimum Gasteiger partial charge on any atom is -0.444 e. The number of hydrogen-bond donors (Lipinski definition) is 0. The summed E-state index contributed by atoms with van der Waals surface area (Å²) in [7, 11) is 0. The number of hydrogen-bond acceptors (Lipinski definition) is 4. The average Bonchev–Trinajstić information content (AvgIpc) is 2.36. The van der Waals surface area contributed by atoms with Gasteiger partial charge in [0.15, 0.2) is 0 Å². The van der Waals surface area contributed by atoms with Gasteiger partial charge >= 0.3 is 6.09 Å². The van der Waals surface area contributed by atoms with E-state index in [-0.39, 0.29) is 12.1 Å². The van der Waals surface area contributed by atoms with Crippen molar-refractivity contribution in [3.63, 3.8) is 0 Å². The number of rotatable bonds is 1. The van der Waals surface area contributed by atoms with Crippen LogP contribution in [0.3, 0.4) is 0 Å². The molecule has 0 aliphatic carbocycles. The van der Waals surface area contributed by atoms with Crippen LogP contribution in [-0.2, 0) is 4.74 Å². The van der Waals surface area contributed by atoms with Gasteiger partial charge in [-0.25, -0.2) is 9.78 Å². The molecule has 5 heteroatoms. The maximum absolute atomic E-state index is 12.2. The highest BCUT2D eigenvalue weighted by Crippen LogP contribution is 2.22. The molecule has 1 aliphatic heterocycles. The molecule has 2 heterocycles. The molecule has 5 nitrogen and oxygen atoms in total. The van der Waals surface area contributed by atoms with Gasteiger partial charge in [-0.15, -0.1) is 0 Å². The van der Waals surface area contributed by atoms with Crippen molar-refractivity contribution in [1.29, 1.82) is 0 Å². The standard InChI is InChI=1S/C17H27N3O2/c1-12-9-13(2)15(18-10-12)19-7-8-20(14(3)11-19)16(21)22-17(4,5)6/h9-10,14H,7-8,11H2,1-6H3/t14-/m0/s1. The molecule has 1 amide bonds. The highest BCUT2D eigenvalue weighted by atomic mass is 16.6. The number of ether oxygens (including phenoxy) is 1. The van der Waals surface area contributed by atoms with E-state index < -0.39 is 5.60 Å². The predicted octanol–water partition coefficient (Wildman–Crippen LogP) is 3.14. The van der Waals surface area contributed by atoms with Crippen molar-refractivity contribution in [3.8, 4) is 0 Å².